The summed E-state index contributed by atoms with van der Waals surface area (Å²) < 4.78 is 24.5. The monoisotopic (exact) mass is 332 g/mol. The number of sulfonamides is 1. The number of piperidine rings is 1. The molecule has 0 aromatic carbocycles. The molecule has 0 spiro atoms. The van der Waals surface area contributed by atoms with E-state index in [1.54, 1.807) is 0 Å². The van der Waals surface area contributed by atoms with Crippen molar-refractivity contribution in [1.29, 1.82) is 0 Å². The standard InChI is InChI=1S/C12H20N4O3S2/c1-9-8-20-11(14-9)6-13-12(17)15-10-4-3-5-16(7-10)21(2,18)19/h8,10H,3-7H2,1-2H3,(H2,13,15,17). The number of carbonyl (C=O) groups excluding carboxylic acids is 1. The lowest BCUT2D eigenvalue weighted by atomic mass is 10.1. The van der Waals surface area contributed by atoms with Crippen LogP contribution in [0.3, 0.4) is 0 Å². The largest absolute Gasteiger partial charge is 0.334 e. The Kier molecular flexibility index (Phi) is 5.17. The van der Waals surface area contributed by atoms with E-state index in [1.807, 2.05) is 12.3 Å². The molecule has 1 aromatic heterocycles. The topological polar surface area (TPSA) is 91.4 Å². The summed E-state index contributed by atoms with van der Waals surface area (Å²) in [7, 11) is -3.19. The maximum Gasteiger partial charge on any atom is 0.315 e. The lowest BCUT2D eigenvalue weighted by molar-refractivity contribution is 0.225. The van der Waals surface area contributed by atoms with Crippen molar-refractivity contribution in [1.82, 2.24) is 19.9 Å². The highest BCUT2D eigenvalue weighted by molar-refractivity contribution is 7.88. The minimum absolute atomic E-state index is 0.147. The summed E-state index contributed by atoms with van der Waals surface area (Å²) in [5.74, 6) is 0. The number of urea groups is 1. The number of thiazole rings is 1. The van der Waals surface area contributed by atoms with Crippen molar-refractivity contribution >= 4 is 27.4 Å². The third kappa shape index (κ3) is 4.94. The van der Waals surface area contributed by atoms with Gasteiger partial charge in [0, 0.05) is 30.2 Å². The van der Waals surface area contributed by atoms with Gasteiger partial charge in [0.2, 0.25) is 10.0 Å². The van der Waals surface area contributed by atoms with Crippen LogP contribution in [0.25, 0.3) is 0 Å². The normalized spacial score (nSPS) is 20.2. The molecule has 1 unspecified atom stereocenters. The number of amides is 2. The van der Waals surface area contributed by atoms with Gasteiger partial charge in [0.1, 0.15) is 5.01 Å². The van der Waals surface area contributed by atoms with Gasteiger partial charge in [0.05, 0.1) is 12.8 Å². The zero-order valence-corrected chi connectivity index (χ0v) is 13.8. The quantitative estimate of drug-likeness (QED) is 0.848. The first-order chi connectivity index (χ1) is 9.84. The smallest absolute Gasteiger partial charge is 0.315 e. The van der Waals surface area contributed by atoms with Gasteiger partial charge < -0.3 is 10.6 Å². The van der Waals surface area contributed by atoms with E-state index in [1.165, 1.54) is 21.9 Å². The summed E-state index contributed by atoms with van der Waals surface area (Å²) in [6.45, 7) is 3.15. The first-order valence-electron chi connectivity index (χ1n) is 6.75. The van der Waals surface area contributed by atoms with Gasteiger partial charge in [-0.2, -0.15) is 0 Å². The Balaban J connectivity index is 1.79. The fourth-order valence-electron chi connectivity index (χ4n) is 2.24. The number of nitrogens with zero attached hydrogens (tertiary/aromatic N) is 2. The van der Waals surface area contributed by atoms with Gasteiger partial charge in [-0.25, -0.2) is 22.5 Å². The van der Waals surface area contributed by atoms with E-state index in [2.05, 4.69) is 15.6 Å². The Hall–Kier alpha value is -1.19. The van der Waals surface area contributed by atoms with E-state index in [9.17, 15) is 13.2 Å². The Morgan fingerprint density at radius 2 is 2.33 bits per heavy atom. The molecule has 1 aliphatic rings. The second-order valence-corrected chi connectivity index (χ2v) is 8.09. The highest BCUT2D eigenvalue weighted by atomic mass is 32.2. The van der Waals surface area contributed by atoms with Gasteiger partial charge in [0.25, 0.3) is 0 Å². The predicted octanol–water partition coefficient (Wildman–Crippen LogP) is 0.675. The first kappa shape index (κ1) is 16.2. The van der Waals surface area contributed by atoms with Crippen molar-refractivity contribution < 1.29 is 13.2 Å². The molecule has 118 valence electrons. The van der Waals surface area contributed by atoms with Crippen molar-refractivity contribution in [2.75, 3.05) is 19.3 Å². The minimum Gasteiger partial charge on any atom is -0.334 e. The lowest BCUT2D eigenvalue weighted by Gasteiger charge is -2.31. The molecule has 2 amide bonds. The summed E-state index contributed by atoms with van der Waals surface area (Å²) in [6, 6.07) is -0.435. The molecule has 0 radical (unpaired) electrons. The van der Waals surface area contributed by atoms with E-state index in [-0.39, 0.29) is 12.1 Å². The summed E-state index contributed by atoms with van der Waals surface area (Å²) in [5.41, 5.74) is 0.938. The van der Waals surface area contributed by atoms with Gasteiger partial charge >= 0.3 is 6.03 Å². The number of hydrogen-bond acceptors (Lipinski definition) is 5. The number of nitrogens with one attached hydrogen (secondary N) is 2. The molecule has 21 heavy (non-hydrogen) atoms. The Morgan fingerprint density at radius 3 is 2.95 bits per heavy atom. The summed E-state index contributed by atoms with van der Waals surface area (Å²) >= 11 is 1.50. The third-order valence-electron chi connectivity index (χ3n) is 3.26. The van der Waals surface area contributed by atoms with Crippen molar-refractivity contribution in [3.05, 3.63) is 16.1 Å². The Labute approximate surface area is 128 Å². The van der Waals surface area contributed by atoms with Crippen molar-refractivity contribution in [2.45, 2.75) is 32.4 Å². The first-order valence-corrected chi connectivity index (χ1v) is 9.48. The molecule has 0 bridgehead atoms. The van der Waals surface area contributed by atoms with Crippen LogP contribution in [0.4, 0.5) is 4.79 Å². The van der Waals surface area contributed by atoms with Crippen LogP contribution in [-0.4, -0.2) is 49.1 Å². The average Bonchev–Trinajstić information content (AvgIpc) is 2.82. The number of aryl methyl sites for hydroxylation is 1. The second-order valence-electron chi connectivity index (χ2n) is 5.17. The zero-order valence-electron chi connectivity index (χ0n) is 12.1. The molecule has 9 heteroatoms. The maximum atomic E-state index is 11.8. The van der Waals surface area contributed by atoms with Gasteiger partial charge in [0.15, 0.2) is 0 Å². The van der Waals surface area contributed by atoms with E-state index in [0.717, 1.165) is 23.5 Å². The number of rotatable bonds is 4. The van der Waals surface area contributed by atoms with Crippen LogP contribution in [0.1, 0.15) is 23.5 Å². The molecule has 1 aliphatic heterocycles. The Morgan fingerprint density at radius 1 is 1.57 bits per heavy atom. The Bertz CT molecular complexity index is 599. The van der Waals surface area contributed by atoms with Crippen LogP contribution in [0, 0.1) is 6.92 Å². The molecule has 1 aromatic rings. The van der Waals surface area contributed by atoms with Gasteiger partial charge in [-0.05, 0) is 19.8 Å². The lowest BCUT2D eigenvalue weighted by Crippen LogP contribution is -2.51. The molecule has 2 heterocycles. The maximum absolute atomic E-state index is 11.8. The fraction of sp³-hybridized carbons (Fsp3) is 0.667. The number of hydrogen-bond donors (Lipinski definition) is 2. The average molecular weight is 332 g/mol. The molecular weight excluding hydrogens is 312 g/mol. The molecule has 0 aliphatic carbocycles. The highest BCUT2D eigenvalue weighted by Crippen LogP contribution is 2.13. The van der Waals surface area contributed by atoms with E-state index in [4.69, 9.17) is 0 Å². The molecule has 1 atom stereocenters. The third-order valence-corrected chi connectivity index (χ3v) is 5.49. The van der Waals surface area contributed by atoms with Gasteiger partial charge in [-0.1, -0.05) is 0 Å². The van der Waals surface area contributed by atoms with Crippen molar-refractivity contribution in [3.63, 3.8) is 0 Å². The highest BCUT2D eigenvalue weighted by Gasteiger charge is 2.26. The minimum atomic E-state index is -3.19. The summed E-state index contributed by atoms with van der Waals surface area (Å²) in [4.78, 5) is 16.1. The second kappa shape index (κ2) is 6.71. The molecule has 1 saturated heterocycles. The predicted molar refractivity (Wildman–Crippen MR) is 81.7 cm³/mol. The zero-order chi connectivity index (χ0) is 15.5. The van der Waals surface area contributed by atoms with Crippen molar-refractivity contribution in [2.24, 2.45) is 0 Å². The molecule has 7 nitrogen and oxygen atoms in total. The molecule has 0 saturated carbocycles. The SMILES string of the molecule is Cc1csc(CNC(=O)NC2CCCN(S(C)(=O)=O)C2)n1. The van der Waals surface area contributed by atoms with E-state index in [0.29, 0.717) is 19.6 Å². The molecular formula is C12H20N4O3S2. The van der Waals surface area contributed by atoms with Crippen LogP contribution < -0.4 is 10.6 Å². The van der Waals surface area contributed by atoms with E-state index < -0.39 is 10.0 Å². The summed E-state index contributed by atoms with van der Waals surface area (Å²) in [6.07, 6.45) is 2.74. The van der Waals surface area contributed by atoms with Crippen molar-refractivity contribution in [3.8, 4) is 0 Å². The molecule has 2 rings (SSSR count). The number of aromatic nitrogens is 1. The van der Waals surface area contributed by atoms with Crippen LogP contribution in [-0.2, 0) is 16.6 Å². The fourth-order valence-corrected chi connectivity index (χ4v) is 3.86. The van der Waals surface area contributed by atoms with Gasteiger partial charge in [-0.3, -0.25) is 0 Å². The molecule has 1 fully saturated rings. The van der Waals surface area contributed by atoms with Crippen LogP contribution in [0.15, 0.2) is 5.38 Å². The molecule has 2 N–H and O–H groups in total. The summed E-state index contributed by atoms with van der Waals surface area (Å²) in [5, 5.41) is 8.34. The van der Waals surface area contributed by atoms with E-state index >= 15 is 0 Å². The van der Waals surface area contributed by atoms with Crippen LogP contribution >= 0.6 is 11.3 Å². The van der Waals surface area contributed by atoms with Gasteiger partial charge in [-0.15, -0.1) is 11.3 Å². The van der Waals surface area contributed by atoms with Crippen LogP contribution in [0.2, 0.25) is 0 Å². The number of carbonyl (C=O) groups is 1. The van der Waals surface area contributed by atoms with Crippen LogP contribution in [0.5, 0.6) is 0 Å².